The molecule has 1 fully saturated rings. The number of likely N-dealkylation sites (N-methyl/N-ethyl adjacent to an activating group) is 1. The SMILES string of the molecule is CN(C[C@H]1CC[C@@H]2[C@H](O1)c1cc(C(F)(F)F)ccc1N[C@H]2C1C=CC=CC1)S(=O)(=O)CCCCl. The highest BCUT2D eigenvalue weighted by atomic mass is 35.5. The van der Waals surface area contributed by atoms with Gasteiger partial charge in [-0.2, -0.15) is 13.2 Å². The Labute approximate surface area is 204 Å². The van der Waals surface area contributed by atoms with Gasteiger partial charge < -0.3 is 10.1 Å². The molecular weight excluding hydrogens is 489 g/mol. The number of fused-ring (bicyclic) bond motifs is 3. The Kier molecular flexibility index (Phi) is 7.67. The van der Waals surface area contributed by atoms with E-state index < -0.39 is 34.0 Å². The predicted octanol–water partition coefficient (Wildman–Crippen LogP) is 5.36. The van der Waals surface area contributed by atoms with Crippen LogP contribution in [0, 0.1) is 11.8 Å². The van der Waals surface area contributed by atoms with Crippen molar-refractivity contribution in [2.75, 3.05) is 30.5 Å². The minimum Gasteiger partial charge on any atom is -0.381 e. The van der Waals surface area contributed by atoms with Crippen molar-refractivity contribution in [3.05, 3.63) is 53.6 Å². The average Bonchev–Trinajstić information content (AvgIpc) is 2.81. The van der Waals surface area contributed by atoms with E-state index in [4.69, 9.17) is 16.3 Å². The smallest absolute Gasteiger partial charge is 0.381 e. The summed E-state index contributed by atoms with van der Waals surface area (Å²) in [5.41, 5.74) is 0.423. The van der Waals surface area contributed by atoms with E-state index in [0.29, 0.717) is 24.1 Å². The minimum absolute atomic E-state index is 0.0153. The second-order valence-corrected chi connectivity index (χ2v) is 11.8. The van der Waals surface area contributed by atoms with Crippen molar-refractivity contribution < 1.29 is 26.3 Å². The van der Waals surface area contributed by atoms with Gasteiger partial charge in [0.2, 0.25) is 10.0 Å². The summed E-state index contributed by atoms with van der Waals surface area (Å²) in [6.07, 6.45) is 5.39. The van der Waals surface area contributed by atoms with E-state index in [9.17, 15) is 21.6 Å². The van der Waals surface area contributed by atoms with Gasteiger partial charge in [0.1, 0.15) is 0 Å². The Morgan fingerprint density at radius 1 is 1.24 bits per heavy atom. The lowest BCUT2D eigenvalue weighted by Crippen LogP contribution is -2.48. The van der Waals surface area contributed by atoms with Crippen molar-refractivity contribution in [3.8, 4) is 0 Å². The molecule has 3 aliphatic rings. The number of hydrogen-bond acceptors (Lipinski definition) is 4. The Morgan fingerprint density at radius 3 is 2.71 bits per heavy atom. The van der Waals surface area contributed by atoms with Crippen LogP contribution in [0.3, 0.4) is 0 Å². The molecule has 10 heteroatoms. The second-order valence-electron chi connectivity index (χ2n) is 9.24. The molecule has 34 heavy (non-hydrogen) atoms. The lowest BCUT2D eigenvalue weighted by molar-refractivity contribution is -0.138. The summed E-state index contributed by atoms with van der Waals surface area (Å²) in [4.78, 5) is 0. The summed E-state index contributed by atoms with van der Waals surface area (Å²) >= 11 is 5.65. The van der Waals surface area contributed by atoms with Crippen LogP contribution in [-0.4, -0.2) is 50.1 Å². The van der Waals surface area contributed by atoms with Crippen LogP contribution in [-0.2, 0) is 20.9 Å². The summed E-state index contributed by atoms with van der Waals surface area (Å²) in [6.45, 7) is 0.159. The molecule has 5 nitrogen and oxygen atoms in total. The molecule has 0 radical (unpaired) electrons. The number of nitrogens with zero attached hydrogens (tertiary/aromatic N) is 1. The molecule has 1 aliphatic carbocycles. The van der Waals surface area contributed by atoms with Crippen LogP contribution in [0.1, 0.15) is 42.9 Å². The van der Waals surface area contributed by atoms with Gasteiger partial charge in [0.25, 0.3) is 0 Å². The first kappa shape index (κ1) is 25.5. The summed E-state index contributed by atoms with van der Waals surface area (Å²) in [5, 5.41) is 3.50. The Morgan fingerprint density at radius 2 is 2.03 bits per heavy atom. The molecule has 5 atom stereocenters. The zero-order valence-electron chi connectivity index (χ0n) is 19.0. The number of anilines is 1. The molecule has 1 aromatic rings. The van der Waals surface area contributed by atoms with Gasteiger partial charge >= 0.3 is 6.18 Å². The highest BCUT2D eigenvalue weighted by Crippen LogP contribution is 2.49. The second kappa shape index (κ2) is 10.2. The Hall–Kier alpha value is -1.55. The molecule has 0 spiro atoms. The van der Waals surface area contributed by atoms with Crippen molar-refractivity contribution in [1.82, 2.24) is 4.31 Å². The molecule has 2 heterocycles. The summed E-state index contributed by atoms with van der Waals surface area (Å²) < 4.78 is 73.1. The number of rotatable bonds is 7. The van der Waals surface area contributed by atoms with Gasteiger partial charge in [0, 0.05) is 48.6 Å². The number of halogens is 4. The van der Waals surface area contributed by atoms with E-state index in [2.05, 4.69) is 17.5 Å². The standard InChI is InChI=1S/C24H30ClF3N2O3S/c1-30(34(31,32)13-5-12-25)15-18-9-10-19-22(16-6-3-2-4-7-16)29-21-11-8-17(24(26,27)28)14-20(21)23(19)33-18/h2-4,6,8,11,14,16,18-19,22-23,29H,5,7,9-10,12-13,15H2,1H3/t16?,18-,19+,22+,23+/m1/s1. The molecule has 0 amide bonds. The van der Waals surface area contributed by atoms with Crippen LogP contribution in [0.25, 0.3) is 0 Å². The van der Waals surface area contributed by atoms with Crippen LogP contribution >= 0.6 is 11.6 Å². The maximum atomic E-state index is 13.5. The molecule has 188 valence electrons. The van der Waals surface area contributed by atoms with Crippen LogP contribution < -0.4 is 5.32 Å². The predicted molar refractivity (Wildman–Crippen MR) is 127 cm³/mol. The molecule has 4 rings (SSSR count). The van der Waals surface area contributed by atoms with Crippen LogP contribution in [0.15, 0.2) is 42.5 Å². The molecule has 2 aliphatic heterocycles. The summed E-state index contributed by atoms with van der Waals surface area (Å²) in [6, 6.07) is 3.77. The molecule has 0 aromatic heterocycles. The molecule has 1 N–H and O–H groups in total. The number of sulfonamides is 1. The molecule has 1 saturated heterocycles. The largest absolute Gasteiger partial charge is 0.416 e. The highest BCUT2D eigenvalue weighted by Gasteiger charge is 2.45. The van der Waals surface area contributed by atoms with E-state index in [1.54, 1.807) is 0 Å². The third-order valence-electron chi connectivity index (χ3n) is 6.97. The summed E-state index contributed by atoms with van der Waals surface area (Å²) in [7, 11) is -1.96. The third-order valence-corrected chi connectivity index (χ3v) is 9.14. The van der Waals surface area contributed by atoms with E-state index in [1.807, 2.05) is 12.2 Å². The van der Waals surface area contributed by atoms with E-state index in [0.717, 1.165) is 18.9 Å². The Bertz CT molecular complexity index is 1040. The van der Waals surface area contributed by atoms with Gasteiger partial charge in [0.15, 0.2) is 0 Å². The van der Waals surface area contributed by atoms with Crippen LogP contribution in [0.4, 0.5) is 18.9 Å². The first-order chi connectivity index (χ1) is 16.1. The molecular formula is C24H30ClF3N2O3S. The maximum absolute atomic E-state index is 13.5. The van der Waals surface area contributed by atoms with Crippen molar-refractivity contribution in [1.29, 1.82) is 0 Å². The number of alkyl halides is 4. The normalized spacial score (nSPS) is 28.9. The van der Waals surface area contributed by atoms with Gasteiger partial charge in [-0.15, -0.1) is 11.6 Å². The molecule has 0 bridgehead atoms. The first-order valence-electron chi connectivity index (χ1n) is 11.6. The van der Waals surface area contributed by atoms with Crippen LogP contribution in [0.2, 0.25) is 0 Å². The van der Waals surface area contributed by atoms with Crippen molar-refractivity contribution >= 4 is 27.3 Å². The lowest BCUT2D eigenvalue weighted by Gasteiger charge is -2.48. The van der Waals surface area contributed by atoms with Crippen molar-refractivity contribution in [2.45, 2.75) is 50.1 Å². The van der Waals surface area contributed by atoms with Gasteiger partial charge in [0.05, 0.1) is 23.5 Å². The molecule has 1 aromatic carbocycles. The van der Waals surface area contributed by atoms with E-state index >= 15 is 0 Å². The monoisotopic (exact) mass is 518 g/mol. The number of benzene rings is 1. The topological polar surface area (TPSA) is 58.6 Å². The highest BCUT2D eigenvalue weighted by molar-refractivity contribution is 7.89. The minimum atomic E-state index is -4.46. The van der Waals surface area contributed by atoms with E-state index in [1.165, 1.54) is 23.5 Å². The van der Waals surface area contributed by atoms with Crippen LogP contribution in [0.5, 0.6) is 0 Å². The van der Waals surface area contributed by atoms with E-state index in [-0.39, 0.29) is 36.1 Å². The van der Waals surface area contributed by atoms with Gasteiger partial charge in [-0.3, -0.25) is 0 Å². The fourth-order valence-corrected chi connectivity index (χ4v) is 6.69. The first-order valence-corrected chi connectivity index (χ1v) is 13.7. The lowest BCUT2D eigenvalue weighted by atomic mass is 9.73. The van der Waals surface area contributed by atoms with Crippen molar-refractivity contribution in [2.24, 2.45) is 11.8 Å². The van der Waals surface area contributed by atoms with Crippen molar-refractivity contribution in [3.63, 3.8) is 0 Å². The van der Waals surface area contributed by atoms with Gasteiger partial charge in [-0.1, -0.05) is 24.3 Å². The van der Waals surface area contributed by atoms with Gasteiger partial charge in [-0.05, 0) is 43.9 Å². The molecule has 0 saturated carbocycles. The zero-order chi connectivity index (χ0) is 24.5. The quantitative estimate of drug-likeness (QED) is 0.494. The zero-order valence-corrected chi connectivity index (χ0v) is 20.5. The fraction of sp³-hybridized carbons (Fsp3) is 0.583. The number of allylic oxidation sites excluding steroid dienone is 3. The van der Waals surface area contributed by atoms with Gasteiger partial charge in [-0.25, -0.2) is 12.7 Å². The number of nitrogens with one attached hydrogen (secondary N) is 1. The number of ether oxygens (including phenoxy) is 1. The average molecular weight is 519 g/mol. The Balaban J connectivity index is 1.60. The third kappa shape index (κ3) is 5.48. The maximum Gasteiger partial charge on any atom is 0.416 e. The summed E-state index contributed by atoms with van der Waals surface area (Å²) in [5.74, 6) is 0.393. The number of hydrogen-bond donors (Lipinski definition) is 1. The molecule has 1 unspecified atom stereocenters. The fourth-order valence-electron chi connectivity index (χ4n) is 5.19.